The highest BCUT2D eigenvalue weighted by atomic mass is 16.1. The Morgan fingerprint density at radius 2 is 1.92 bits per heavy atom. The number of hydrogen-bond donors (Lipinski definition) is 2. The van der Waals surface area contributed by atoms with Crippen LogP contribution < -0.4 is 10.6 Å². The SMILES string of the molecule is CCN(CC)Cc1cccc(NC(=O)CC2CC3CCC(C2)N3)c1. The Bertz CT molecular complexity index is 544. The lowest BCUT2D eigenvalue weighted by Crippen LogP contribution is -2.39. The minimum absolute atomic E-state index is 0.168. The molecule has 2 aliphatic rings. The number of nitrogens with zero attached hydrogens (tertiary/aromatic N) is 1. The van der Waals surface area contributed by atoms with Crippen molar-refractivity contribution in [2.24, 2.45) is 5.92 Å². The summed E-state index contributed by atoms with van der Waals surface area (Å²) in [5, 5.41) is 6.75. The van der Waals surface area contributed by atoms with Crippen molar-refractivity contribution in [2.75, 3.05) is 18.4 Å². The second-order valence-electron chi connectivity index (χ2n) is 7.39. The molecular weight excluding hydrogens is 298 g/mol. The Balaban J connectivity index is 1.52. The molecule has 2 saturated heterocycles. The van der Waals surface area contributed by atoms with Gasteiger partial charge in [-0.15, -0.1) is 0 Å². The fraction of sp³-hybridized carbons (Fsp3) is 0.650. The third-order valence-corrected chi connectivity index (χ3v) is 5.56. The maximum atomic E-state index is 12.4. The number of rotatable bonds is 7. The van der Waals surface area contributed by atoms with Crippen LogP contribution in [0.1, 0.15) is 51.5 Å². The first-order valence-electron chi connectivity index (χ1n) is 9.53. The lowest BCUT2D eigenvalue weighted by Gasteiger charge is -2.28. The van der Waals surface area contributed by atoms with Crippen LogP contribution >= 0.6 is 0 Å². The van der Waals surface area contributed by atoms with Crippen LogP contribution in [-0.2, 0) is 11.3 Å². The molecule has 1 aromatic carbocycles. The van der Waals surface area contributed by atoms with Crippen LogP contribution in [0.2, 0.25) is 0 Å². The zero-order valence-corrected chi connectivity index (χ0v) is 15.1. The van der Waals surface area contributed by atoms with Crippen LogP contribution in [0.25, 0.3) is 0 Å². The van der Waals surface area contributed by atoms with Gasteiger partial charge in [-0.1, -0.05) is 26.0 Å². The number of carbonyl (C=O) groups excluding carboxylic acids is 1. The molecule has 24 heavy (non-hydrogen) atoms. The highest BCUT2D eigenvalue weighted by molar-refractivity contribution is 5.90. The van der Waals surface area contributed by atoms with E-state index in [-0.39, 0.29) is 5.91 Å². The van der Waals surface area contributed by atoms with Gasteiger partial charge in [-0.25, -0.2) is 0 Å². The van der Waals surface area contributed by atoms with Crippen LogP contribution in [0.5, 0.6) is 0 Å². The van der Waals surface area contributed by atoms with E-state index >= 15 is 0 Å². The topological polar surface area (TPSA) is 44.4 Å². The monoisotopic (exact) mass is 329 g/mol. The minimum Gasteiger partial charge on any atom is -0.326 e. The minimum atomic E-state index is 0.168. The zero-order chi connectivity index (χ0) is 16.9. The fourth-order valence-electron chi connectivity index (χ4n) is 4.27. The Kier molecular flexibility index (Phi) is 5.90. The van der Waals surface area contributed by atoms with Crippen molar-refractivity contribution in [3.8, 4) is 0 Å². The Morgan fingerprint density at radius 3 is 2.58 bits per heavy atom. The van der Waals surface area contributed by atoms with Gasteiger partial charge in [0.1, 0.15) is 0 Å². The van der Waals surface area contributed by atoms with Gasteiger partial charge < -0.3 is 10.6 Å². The average molecular weight is 329 g/mol. The number of amides is 1. The summed E-state index contributed by atoms with van der Waals surface area (Å²) in [4.78, 5) is 14.8. The van der Waals surface area contributed by atoms with Crippen molar-refractivity contribution in [1.29, 1.82) is 0 Å². The summed E-state index contributed by atoms with van der Waals surface area (Å²) >= 11 is 0. The Hall–Kier alpha value is -1.39. The molecular formula is C20H31N3O. The molecule has 1 aromatic rings. The van der Waals surface area contributed by atoms with Gasteiger partial charge in [-0.2, -0.15) is 0 Å². The Morgan fingerprint density at radius 1 is 1.21 bits per heavy atom. The molecule has 0 saturated carbocycles. The van der Waals surface area contributed by atoms with Gasteiger partial charge >= 0.3 is 0 Å². The van der Waals surface area contributed by atoms with E-state index in [1.165, 1.54) is 18.4 Å². The predicted octanol–water partition coefficient (Wildman–Crippen LogP) is 3.39. The van der Waals surface area contributed by atoms with Gasteiger partial charge in [-0.05, 0) is 62.4 Å². The molecule has 4 nitrogen and oxygen atoms in total. The van der Waals surface area contributed by atoms with Gasteiger partial charge in [0.05, 0.1) is 0 Å². The molecule has 2 unspecified atom stereocenters. The van der Waals surface area contributed by atoms with E-state index < -0.39 is 0 Å². The summed E-state index contributed by atoms with van der Waals surface area (Å²) in [7, 11) is 0. The smallest absolute Gasteiger partial charge is 0.224 e. The number of benzene rings is 1. The number of nitrogens with one attached hydrogen (secondary N) is 2. The van der Waals surface area contributed by atoms with Gasteiger partial charge in [0.2, 0.25) is 5.91 Å². The van der Waals surface area contributed by atoms with Gasteiger partial charge in [-0.3, -0.25) is 9.69 Å². The molecule has 2 bridgehead atoms. The molecule has 2 heterocycles. The van der Waals surface area contributed by atoms with E-state index in [1.807, 2.05) is 12.1 Å². The highest BCUT2D eigenvalue weighted by Gasteiger charge is 2.34. The highest BCUT2D eigenvalue weighted by Crippen LogP contribution is 2.32. The molecule has 1 amide bonds. The van der Waals surface area contributed by atoms with Crippen LogP contribution in [0.15, 0.2) is 24.3 Å². The molecule has 3 rings (SSSR count). The summed E-state index contributed by atoms with van der Waals surface area (Å²) in [6.07, 6.45) is 5.55. The normalized spacial score (nSPS) is 25.9. The van der Waals surface area contributed by atoms with E-state index in [0.717, 1.165) is 38.2 Å². The maximum absolute atomic E-state index is 12.4. The van der Waals surface area contributed by atoms with Crippen molar-refractivity contribution in [1.82, 2.24) is 10.2 Å². The largest absolute Gasteiger partial charge is 0.326 e. The second kappa shape index (κ2) is 8.13. The third-order valence-electron chi connectivity index (χ3n) is 5.56. The second-order valence-corrected chi connectivity index (χ2v) is 7.39. The maximum Gasteiger partial charge on any atom is 0.224 e. The first-order valence-corrected chi connectivity index (χ1v) is 9.53. The molecule has 0 aromatic heterocycles. The zero-order valence-electron chi connectivity index (χ0n) is 15.1. The van der Waals surface area contributed by atoms with Crippen LogP contribution in [0.4, 0.5) is 5.69 Å². The van der Waals surface area contributed by atoms with Crippen molar-refractivity contribution in [3.63, 3.8) is 0 Å². The van der Waals surface area contributed by atoms with Crippen molar-refractivity contribution >= 4 is 11.6 Å². The number of anilines is 1. The van der Waals surface area contributed by atoms with Crippen LogP contribution in [-0.4, -0.2) is 36.0 Å². The predicted molar refractivity (Wildman–Crippen MR) is 99.0 cm³/mol. The number of fused-ring (bicyclic) bond motifs is 2. The standard InChI is InChI=1S/C20H31N3O/c1-3-23(4-2)14-15-6-5-7-17(10-15)22-20(24)13-16-11-18-8-9-19(12-16)21-18/h5-7,10,16,18-19,21H,3-4,8-9,11-14H2,1-2H3,(H,22,24). The summed E-state index contributed by atoms with van der Waals surface area (Å²) < 4.78 is 0. The third kappa shape index (κ3) is 4.58. The molecule has 0 aliphatic carbocycles. The lowest BCUT2D eigenvalue weighted by atomic mass is 9.89. The molecule has 2 aliphatic heterocycles. The van der Waals surface area contributed by atoms with Crippen LogP contribution in [0.3, 0.4) is 0 Å². The molecule has 2 N–H and O–H groups in total. The summed E-state index contributed by atoms with van der Waals surface area (Å²) in [5.41, 5.74) is 2.19. The molecule has 2 atom stereocenters. The van der Waals surface area contributed by atoms with Gasteiger partial charge in [0.25, 0.3) is 0 Å². The molecule has 2 fully saturated rings. The number of carbonyl (C=O) groups is 1. The molecule has 4 heteroatoms. The van der Waals surface area contributed by atoms with Crippen molar-refractivity contribution in [3.05, 3.63) is 29.8 Å². The van der Waals surface area contributed by atoms with Crippen LogP contribution in [0, 0.1) is 5.92 Å². The van der Waals surface area contributed by atoms with E-state index in [0.29, 0.717) is 24.4 Å². The number of hydrogen-bond acceptors (Lipinski definition) is 3. The van der Waals surface area contributed by atoms with Crippen molar-refractivity contribution < 1.29 is 4.79 Å². The lowest BCUT2D eigenvalue weighted by molar-refractivity contribution is -0.117. The number of piperidine rings is 1. The quantitative estimate of drug-likeness (QED) is 0.806. The van der Waals surface area contributed by atoms with E-state index in [4.69, 9.17) is 0 Å². The Labute approximate surface area is 146 Å². The average Bonchev–Trinajstić information content (AvgIpc) is 2.91. The first-order chi connectivity index (χ1) is 11.7. The van der Waals surface area contributed by atoms with E-state index in [9.17, 15) is 4.79 Å². The summed E-state index contributed by atoms with van der Waals surface area (Å²) in [6.45, 7) is 7.40. The molecule has 132 valence electrons. The van der Waals surface area contributed by atoms with E-state index in [1.54, 1.807) is 0 Å². The summed E-state index contributed by atoms with van der Waals surface area (Å²) in [5.74, 6) is 0.712. The summed E-state index contributed by atoms with van der Waals surface area (Å²) in [6, 6.07) is 9.59. The molecule has 0 radical (unpaired) electrons. The van der Waals surface area contributed by atoms with Gasteiger partial charge in [0, 0.05) is 30.7 Å². The first kappa shape index (κ1) is 17.4. The van der Waals surface area contributed by atoms with E-state index in [2.05, 4.69) is 41.5 Å². The van der Waals surface area contributed by atoms with Crippen molar-refractivity contribution in [2.45, 2.75) is 64.6 Å². The fourth-order valence-corrected chi connectivity index (χ4v) is 4.27. The van der Waals surface area contributed by atoms with Gasteiger partial charge in [0.15, 0.2) is 0 Å². The molecule has 0 spiro atoms.